The number of carbonyl (C=O) groups excluding carboxylic acids is 1. The Morgan fingerprint density at radius 3 is 2.66 bits per heavy atom. The normalized spacial score (nSPS) is 19.2. The van der Waals surface area contributed by atoms with Gasteiger partial charge in [0.25, 0.3) is 0 Å². The molecule has 2 saturated heterocycles. The number of halogens is 2. The highest BCUT2D eigenvalue weighted by Crippen LogP contribution is 2.37. The number of hydrogen-bond acceptors (Lipinski definition) is 6. The molecule has 2 fully saturated rings. The molecule has 212 valence electrons. The van der Waals surface area contributed by atoms with Crippen molar-refractivity contribution in [2.45, 2.75) is 51.3 Å². The monoisotopic (exact) mass is 558 g/mol. The first-order valence-electron chi connectivity index (χ1n) is 13.7. The van der Waals surface area contributed by atoms with Crippen LogP contribution in [0, 0.1) is 23.0 Å². The number of allylic oxidation sites excluding steroid dienone is 5. The number of ether oxygens (including phenoxy) is 1. The Bertz CT molecular complexity index is 1490. The summed E-state index contributed by atoms with van der Waals surface area (Å²) in [7, 11) is 0. The SMILES string of the molecule is CC=CC1=C(c2cnn(C3(CC#N)CN(C4CCN(C(=O)OCc5cc(F)cc(F)c5)CC4)C3)c2)C=C=CN=C1C. The van der Waals surface area contributed by atoms with Gasteiger partial charge in [0.05, 0.1) is 24.9 Å². The van der Waals surface area contributed by atoms with Crippen molar-refractivity contribution < 1.29 is 18.3 Å². The Hall–Kier alpha value is -4.32. The molecule has 1 amide bonds. The third-order valence-corrected chi connectivity index (χ3v) is 7.88. The molecule has 41 heavy (non-hydrogen) atoms. The number of nitrogens with zero attached hydrogens (tertiary/aromatic N) is 6. The second-order valence-corrected chi connectivity index (χ2v) is 10.7. The zero-order valence-electron chi connectivity index (χ0n) is 23.2. The third kappa shape index (κ3) is 6.07. The number of aliphatic imine (C=N–C) groups is 1. The first-order chi connectivity index (χ1) is 19.8. The average molecular weight is 559 g/mol. The molecule has 1 aromatic carbocycles. The number of benzene rings is 1. The van der Waals surface area contributed by atoms with Gasteiger partial charge in [-0.1, -0.05) is 12.2 Å². The highest BCUT2D eigenvalue weighted by Gasteiger charge is 2.48. The van der Waals surface area contributed by atoms with Crippen molar-refractivity contribution in [2.75, 3.05) is 26.2 Å². The molecule has 8 nitrogen and oxygen atoms in total. The quantitative estimate of drug-likeness (QED) is 0.427. The molecule has 0 N–H and O–H groups in total. The van der Waals surface area contributed by atoms with Crippen LogP contribution in [0.1, 0.15) is 44.2 Å². The molecule has 0 atom stereocenters. The minimum atomic E-state index is -0.705. The van der Waals surface area contributed by atoms with Gasteiger partial charge in [-0.2, -0.15) is 10.4 Å². The molecule has 0 unspecified atom stereocenters. The van der Waals surface area contributed by atoms with Crippen LogP contribution in [-0.4, -0.2) is 63.6 Å². The average Bonchev–Trinajstić information content (AvgIpc) is 3.35. The van der Waals surface area contributed by atoms with E-state index in [1.54, 1.807) is 11.1 Å². The molecule has 0 spiro atoms. The van der Waals surface area contributed by atoms with Crippen LogP contribution in [0.2, 0.25) is 0 Å². The highest BCUT2D eigenvalue weighted by atomic mass is 19.1. The van der Waals surface area contributed by atoms with Gasteiger partial charge in [0.2, 0.25) is 0 Å². The van der Waals surface area contributed by atoms with Crippen LogP contribution < -0.4 is 0 Å². The second-order valence-electron chi connectivity index (χ2n) is 10.7. The highest BCUT2D eigenvalue weighted by molar-refractivity contribution is 6.09. The van der Waals surface area contributed by atoms with Crippen LogP contribution in [0.5, 0.6) is 0 Å². The maximum Gasteiger partial charge on any atom is 0.410 e. The van der Waals surface area contributed by atoms with Crippen molar-refractivity contribution in [3.8, 4) is 6.07 Å². The fourth-order valence-electron chi connectivity index (χ4n) is 5.73. The van der Waals surface area contributed by atoms with Crippen LogP contribution in [0.3, 0.4) is 0 Å². The van der Waals surface area contributed by atoms with Crippen LogP contribution >= 0.6 is 0 Å². The predicted octanol–water partition coefficient (Wildman–Crippen LogP) is 5.36. The lowest BCUT2D eigenvalue weighted by atomic mass is 9.84. The number of amides is 1. The van der Waals surface area contributed by atoms with Gasteiger partial charge in [0.1, 0.15) is 23.8 Å². The van der Waals surface area contributed by atoms with Gasteiger partial charge in [0, 0.05) is 66.9 Å². The lowest BCUT2D eigenvalue weighted by Crippen LogP contribution is -2.66. The molecule has 3 aliphatic heterocycles. The van der Waals surface area contributed by atoms with Crippen LogP contribution in [0.15, 0.2) is 71.3 Å². The smallest absolute Gasteiger partial charge is 0.410 e. The fourth-order valence-corrected chi connectivity index (χ4v) is 5.73. The van der Waals surface area contributed by atoms with E-state index in [2.05, 4.69) is 21.7 Å². The van der Waals surface area contributed by atoms with Gasteiger partial charge in [-0.15, -0.1) is 5.73 Å². The minimum Gasteiger partial charge on any atom is -0.445 e. The Kier molecular flexibility index (Phi) is 8.29. The molecule has 5 rings (SSSR count). The molecular weight excluding hydrogens is 526 g/mol. The summed E-state index contributed by atoms with van der Waals surface area (Å²) in [5.74, 6) is -1.41. The molecule has 0 bridgehead atoms. The minimum absolute atomic E-state index is 0.187. The van der Waals surface area contributed by atoms with E-state index in [9.17, 15) is 18.8 Å². The van der Waals surface area contributed by atoms with E-state index in [0.29, 0.717) is 32.6 Å². The molecular formula is C31H32F2N6O2. The Balaban J connectivity index is 1.20. The summed E-state index contributed by atoms with van der Waals surface area (Å²) < 4.78 is 34.0. The number of likely N-dealkylation sites (tertiary alicyclic amines) is 2. The summed E-state index contributed by atoms with van der Waals surface area (Å²) in [4.78, 5) is 21.0. The maximum absolute atomic E-state index is 13.4. The van der Waals surface area contributed by atoms with Crippen LogP contribution in [0.25, 0.3) is 5.57 Å². The van der Waals surface area contributed by atoms with Gasteiger partial charge in [-0.3, -0.25) is 14.6 Å². The molecule has 0 saturated carbocycles. The van der Waals surface area contributed by atoms with Gasteiger partial charge >= 0.3 is 6.09 Å². The second kappa shape index (κ2) is 12.0. The number of rotatable bonds is 7. The Morgan fingerprint density at radius 2 is 1.98 bits per heavy atom. The van der Waals surface area contributed by atoms with Crippen molar-refractivity contribution in [1.82, 2.24) is 19.6 Å². The van der Waals surface area contributed by atoms with E-state index in [1.165, 1.54) is 0 Å². The van der Waals surface area contributed by atoms with Gasteiger partial charge in [-0.25, -0.2) is 13.6 Å². The first-order valence-corrected chi connectivity index (χ1v) is 13.7. The van der Waals surface area contributed by atoms with Crippen LogP contribution in [-0.2, 0) is 16.9 Å². The number of nitriles is 1. The molecule has 2 aromatic rings. The number of aromatic nitrogens is 2. The van der Waals surface area contributed by atoms with Crippen LogP contribution in [0.4, 0.5) is 13.6 Å². The summed E-state index contributed by atoms with van der Waals surface area (Å²) in [6.45, 7) is 6.19. The molecule has 1 aromatic heterocycles. The van der Waals surface area contributed by atoms with E-state index in [1.807, 2.05) is 49.2 Å². The van der Waals surface area contributed by atoms with E-state index in [4.69, 9.17) is 9.84 Å². The van der Waals surface area contributed by atoms with Crippen molar-refractivity contribution in [3.63, 3.8) is 0 Å². The van der Waals surface area contributed by atoms with Gasteiger partial charge in [-0.05, 0) is 50.5 Å². The maximum atomic E-state index is 13.4. The molecule has 4 heterocycles. The molecule has 0 radical (unpaired) electrons. The van der Waals surface area contributed by atoms with Crippen molar-refractivity contribution in [1.29, 1.82) is 5.26 Å². The summed E-state index contributed by atoms with van der Waals surface area (Å²) >= 11 is 0. The number of hydrogen-bond donors (Lipinski definition) is 0. The standard InChI is InChI=1S/C31H32F2N6O2/c1-3-5-28-22(2)35-11-4-6-29(28)24-17-36-39(18-24)31(9-10-34)20-38(21-31)27-7-12-37(13-8-27)30(40)41-19-23-14-25(32)16-26(33)15-23/h3,5-6,11,14-18,27H,7-9,12-13,19-21H2,1-2H3. The van der Waals surface area contributed by atoms with Gasteiger partial charge in [0.15, 0.2) is 0 Å². The van der Waals surface area contributed by atoms with Crippen molar-refractivity contribution in [2.24, 2.45) is 4.99 Å². The first kappa shape index (κ1) is 28.2. The van der Waals surface area contributed by atoms with Crippen molar-refractivity contribution >= 4 is 17.4 Å². The fraction of sp³-hybridized carbons (Fsp3) is 0.387. The van der Waals surface area contributed by atoms with E-state index in [0.717, 1.165) is 53.5 Å². The van der Waals surface area contributed by atoms with E-state index < -0.39 is 23.3 Å². The third-order valence-electron chi connectivity index (χ3n) is 7.88. The lowest BCUT2D eigenvalue weighted by Gasteiger charge is -2.53. The summed E-state index contributed by atoms with van der Waals surface area (Å²) in [6.07, 6.45) is 12.8. The summed E-state index contributed by atoms with van der Waals surface area (Å²) in [6, 6.07) is 5.71. The Labute approximate surface area is 238 Å². The topological polar surface area (TPSA) is 86.8 Å². The number of carbonyl (C=O) groups is 1. The zero-order valence-corrected chi connectivity index (χ0v) is 23.2. The Morgan fingerprint density at radius 1 is 1.24 bits per heavy atom. The lowest BCUT2D eigenvalue weighted by molar-refractivity contribution is -0.0426. The molecule has 10 heteroatoms. The molecule has 0 aliphatic carbocycles. The zero-order chi connectivity index (χ0) is 29.0. The predicted molar refractivity (Wildman–Crippen MR) is 151 cm³/mol. The van der Waals surface area contributed by atoms with E-state index in [-0.39, 0.29) is 18.2 Å². The number of piperidine rings is 1. The van der Waals surface area contributed by atoms with Crippen molar-refractivity contribution in [3.05, 3.63) is 89.1 Å². The molecule has 3 aliphatic rings. The van der Waals surface area contributed by atoms with E-state index >= 15 is 0 Å². The van der Waals surface area contributed by atoms with Gasteiger partial charge < -0.3 is 9.64 Å². The largest absolute Gasteiger partial charge is 0.445 e. The summed E-state index contributed by atoms with van der Waals surface area (Å²) in [5.41, 5.74) is 6.78. The summed E-state index contributed by atoms with van der Waals surface area (Å²) in [5, 5.41) is 14.4.